The molecule has 2 aromatic rings. The number of fused-ring (bicyclic) bond motifs is 1. The van der Waals surface area contributed by atoms with E-state index in [-0.39, 0.29) is 0 Å². The lowest BCUT2D eigenvalue weighted by atomic mass is 9.92. The Morgan fingerprint density at radius 2 is 1.75 bits per heavy atom. The van der Waals surface area contributed by atoms with E-state index in [4.69, 9.17) is 27.9 Å². The van der Waals surface area contributed by atoms with Crippen molar-refractivity contribution in [2.45, 2.75) is 31.6 Å². The van der Waals surface area contributed by atoms with Crippen molar-refractivity contribution in [3.8, 4) is 11.5 Å². The largest absolute Gasteiger partial charge is 0.456 e. The molecule has 104 valence electrons. The summed E-state index contributed by atoms with van der Waals surface area (Å²) in [5.41, 5.74) is 3.85. The number of rotatable bonds is 3. The van der Waals surface area contributed by atoms with Gasteiger partial charge in [0.15, 0.2) is 0 Å². The van der Waals surface area contributed by atoms with Gasteiger partial charge < -0.3 is 4.74 Å². The van der Waals surface area contributed by atoms with Crippen LogP contribution in [0.4, 0.5) is 0 Å². The fourth-order valence-corrected chi connectivity index (χ4v) is 3.02. The van der Waals surface area contributed by atoms with E-state index in [9.17, 15) is 0 Å². The van der Waals surface area contributed by atoms with E-state index in [1.807, 2.05) is 24.3 Å². The van der Waals surface area contributed by atoms with Gasteiger partial charge in [-0.2, -0.15) is 0 Å². The van der Waals surface area contributed by atoms with Crippen LogP contribution in [0.15, 0.2) is 36.4 Å². The number of hydrogen-bond acceptors (Lipinski definition) is 1. The molecule has 0 spiro atoms. The van der Waals surface area contributed by atoms with Crippen LogP contribution >= 0.6 is 23.2 Å². The Hall–Kier alpha value is -1.18. The van der Waals surface area contributed by atoms with Gasteiger partial charge in [-0.05, 0) is 66.6 Å². The maximum Gasteiger partial charge on any atom is 0.146 e. The highest BCUT2D eigenvalue weighted by Crippen LogP contribution is 2.32. The summed E-state index contributed by atoms with van der Waals surface area (Å²) in [5, 5.41) is 0.598. The molecule has 0 heterocycles. The van der Waals surface area contributed by atoms with E-state index < -0.39 is 0 Å². The monoisotopic (exact) mass is 306 g/mol. The van der Waals surface area contributed by atoms with E-state index >= 15 is 0 Å². The summed E-state index contributed by atoms with van der Waals surface area (Å²) < 4.78 is 5.90. The molecule has 0 saturated heterocycles. The predicted octanol–water partition coefficient (Wildman–Crippen LogP) is 5.75. The van der Waals surface area contributed by atoms with Gasteiger partial charge in [-0.3, -0.25) is 0 Å². The van der Waals surface area contributed by atoms with Crippen LogP contribution in [-0.4, -0.2) is 0 Å². The number of ether oxygens (including phenoxy) is 1. The first-order valence-electron chi connectivity index (χ1n) is 6.90. The van der Waals surface area contributed by atoms with Crippen LogP contribution < -0.4 is 4.74 Å². The molecule has 1 aliphatic carbocycles. The Bertz CT molecular complexity index is 622. The Balaban J connectivity index is 1.84. The van der Waals surface area contributed by atoms with Crippen molar-refractivity contribution in [2.75, 3.05) is 0 Å². The molecule has 20 heavy (non-hydrogen) atoms. The molecule has 0 atom stereocenters. The number of halogens is 2. The standard InChI is InChI=1S/C17H16Cl2O/c18-11-12-5-8-17(16(19)9-12)20-15-7-6-13-3-1-2-4-14(13)10-15/h5-10H,1-4,11H2. The Morgan fingerprint density at radius 3 is 2.50 bits per heavy atom. The third-order valence-electron chi connectivity index (χ3n) is 3.70. The van der Waals surface area contributed by atoms with Gasteiger partial charge in [0.2, 0.25) is 0 Å². The minimum Gasteiger partial charge on any atom is -0.456 e. The zero-order valence-electron chi connectivity index (χ0n) is 11.2. The molecule has 0 bridgehead atoms. The third-order valence-corrected chi connectivity index (χ3v) is 4.30. The highest BCUT2D eigenvalue weighted by atomic mass is 35.5. The van der Waals surface area contributed by atoms with Crippen LogP contribution in [0.1, 0.15) is 29.5 Å². The van der Waals surface area contributed by atoms with Gasteiger partial charge in [-0.25, -0.2) is 0 Å². The average molecular weight is 307 g/mol. The molecule has 0 amide bonds. The molecule has 3 rings (SSSR count). The lowest BCUT2D eigenvalue weighted by Crippen LogP contribution is -2.02. The van der Waals surface area contributed by atoms with Gasteiger partial charge in [0.1, 0.15) is 11.5 Å². The lowest BCUT2D eigenvalue weighted by Gasteiger charge is -2.17. The molecular formula is C17H16Cl2O. The number of hydrogen-bond donors (Lipinski definition) is 0. The molecule has 3 heteroatoms. The minimum absolute atomic E-state index is 0.457. The van der Waals surface area contributed by atoms with Crippen LogP contribution in [0.2, 0.25) is 5.02 Å². The predicted molar refractivity (Wildman–Crippen MR) is 84.2 cm³/mol. The zero-order valence-corrected chi connectivity index (χ0v) is 12.7. The van der Waals surface area contributed by atoms with Crippen molar-refractivity contribution < 1.29 is 4.74 Å². The van der Waals surface area contributed by atoms with E-state index in [0.29, 0.717) is 16.7 Å². The summed E-state index contributed by atoms with van der Waals surface area (Å²) >= 11 is 12.0. The van der Waals surface area contributed by atoms with Crippen molar-refractivity contribution in [2.24, 2.45) is 0 Å². The topological polar surface area (TPSA) is 9.23 Å². The van der Waals surface area contributed by atoms with E-state index in [2.05, 4.69) is 12.1 Å². The zero-order chi connectivity index (χ0) is 13.9. The van der Waals surface area contributed by atoms with Crippen LogP contribution in [0.5, 0.6) is 11.5 Å². The molecule has 0 fully saturated rings. The van der Waals surface area contributed by atoms with Crippen LogP contribution in [0.3, 0.4) is 0 Å². The highest BCUT2D eigenvalue weighted by Gasteiger charge is 2.11. The van der Waals surface area contributed by atoms with Crippen molar-refractivity contribution in [3.05, 3.63) is 58.1 Å². The number of alkyl halides is 1. The summed E-state index contributed by atoms with van der Waals surface area (Å²) in [6, 6.07) is 12.0. The fourth-order valence-electron chi connectivity index (χ4n) is 2.61. The summed E-state index contributed by atoms with van der Waals surface area (Å²) in [5.74, 6) is 1.99. The van der Waals surface area contributed by atoms with Crippen molar-refractivity contribution in [1.82, 2.24) is 0 Å². The third kappa shape index (κ3) is 2.94. The van der Waals surface area contributed by atoms with Crippen LogP contribution in [-0.2, 0) is 18.7 Å². The molecule has 0 aliphatic heterocycles. The average Bonchev–Trinajstić information content (AvgIpc) is 2.49. The van der Waals surface area contributed by atoms with E-state index in [1.54, 1.807) is 0 Å². The number of aryl methyl sites for hydroxylation is 2. The second-order valence-corrected chi connectivity index (χ2v) is 5.81. The van der Waals surface area contributed by atoms with Gasteiger partial charge in [-0.1, -0.05) is 23.7 Å². The Kier molecular flexibility index (Phi) is 4.18. The van der Waals surface area contributed by atoms with Gasteiger partial charge in [-0.15, -0.1) is 11.6 Å². The first kappa shape index (κ1) is 13.8. The molecular weight excluding hydrogens is 291 g/mol. The lowest BCUT2D eigenvalue weighted by molar-refractivity contribution is 0.481. The fraction of sp³-hybridized carbons (Fsp3) is 0.294. The smallest absolute Gasteiger partial charge is 0.146 e. The van der Waals surface area contributed by atoms with Crippen molar-refractivity contribution in [1.29, 1.82) is 0 Å². The van der Waals surface area contributed by atoms with Crippen molar-refractivity contribution in [3.63, 3.8) is 0 Å². The second kappa shape index (κ2) is 6.07. The van der Waals surface area contributed by atoms with Gasteiger partial charge in [0.05, 0.1) is 5.02 Å². The molecule has 2 aromatic carbocycles. The quantitative estimate of drug-likeness (QED) is 0.656. The molecule has 0 unspecified atom stereocenters. The van der Waals surface area contributed by atoms with E-state index in [1.165, 1.54) is 30.4 Å². The summed E-state index contributed by atoms with van der Waals surface area (Å²) in [4.78, 5) is 0. The summed E-state index contributed by atoms with van der Waals surface area (Å²) in [7, 11) is 0. The van der Waals surface area contributed by atoms with Gasteiger partial charge in [0.25, 0.3) is 0 Å². The van der Waals surface area contributed by atoms with Crippen molar-refractivity contribution >= 4 is 23.2 Å². The maximum absolute atomic E-state index is 6.22. The molecule has 1 aliphatic rings. The first-order chi connectivity index (χ1) is 9.76. The van der Waals surface area contributed by atoms with Gasteiger partial charge in [0, 0.05) is 5.88 Å². The molecule has 0 aromatic heterocycles. The summed E-state index contributed by atoms with van der Waals surface area (Å²) in [6.45, 7) is 0. The van der Waals surface area contributed by atoms with Crippen LogP contribution in [0, 0.1) is 0 Å². The SMILES string of the molecule is ClCc1ccc(Oc2ccc3c(c2)CCCC3)c(Cl)c1. The molecule has 1 nitrogen and oxygen atoms in total. The first-order valence-corrected chi connectivity index (χ1v) is 7.81. The Morgan fingerprint density at radius 1 is 0.950 bits per heavy atom. The normalized spacial score (nSPS) is 13.9. The maximum atomic E-state index is 6.22. The molecule has 0 radical (unpaired) electrons. The van der Waals surface area contributed by atoms with Gasteiger partial charge >= 0.3 is 0 Å². The highest BCUT2D eigenvalue weighted by molar-refractivity contribution is 6.32. The second-order valence-electron chi connectivity index (χ2n) is 5.14. The number of benzene rings is 2. The molecule has 0 saturated carbocycles. The molecule has 0 N–H and O–H groups in total. The summed E-state index contributed by atoms with van der Waals surface area (Å²) in [6.07, 6.45) is 4.88. The Labute approximate surface area is 129 Å². The van der Waals surface area contributed by atoms with Crippen LogP contribution in [0.25, 0.3) is 0 Å². The minimum atomic E-state index is 0.457. The van der Waals surface area contributed by atoms with E-state index in [0.717, 1.165) is 17.7 Å².